The molecule has 0 fully saturated rings. The number of anilines is 1. The second-order valence-corrected chi connectivity index (χ2v) is 7.36. The number of benzene rings is 2. The smallest absolute Gasteiger partial charge is 0.191 e. The van der Waals surface area contributed by atoms with Crippen molar-refractivity contribution in [2.75, 3.05) is 12.8 Å². The van der Waals surface area contributed by atoms with Crippen LogP contribution in [0.4, 0.5) is 5.82 Å². The Morgan fingerprint density at radius 2 is 1.93 bits per heavy atom. The number of ether oxygens (including phenoxy) is 2. The molecular weight excluding hydrogens is 427 g/mol. The number of aromatic nitrogens is 5. The van der Waals surface area contributed by atoms with Gasteiger partial charge in [0.05, 0.1) is 33.6 Å². The van der Waals surface area contributed by atoms with Crippen molar-refractivity contribution in [1.29, 1.82) is 0 Å². The van der Waals surface area contributed by atoms with Crippen LogP contribution < -0.4 is 15.2 Å². The molecule has 4 rings (SSSR count). The third-order valence-electron chi connectivity index (χ3n) is 4.59. The van der Waals surface area contributed by atoms with Crippen LogP contribution in [0.2, 0.25) is 10.0 Å². The Labute approximate surface area is 182 Å². The van der Waals surface area contributed by atoms with Gasteiger partial charge in [0.1, 0.15) is 30.0 Å². The number of hydrogen-bond donors (Lipinski definition) is 1. The first-order valence-electron chi connectivity index (χ1n) is 8.98. The zero-order valence-electron chi connectivity index (χ0n) is 16.4. The zero-order chi connectivity index (χ0) is 21.4. The van der Waals surface area contributed by atoms with E-state index in [1.54, 1.807) is 43.4 Å². The van der Waals surface area contributed by atoms with Crippen molar-refractivity contribution in [1.82, 2.24) is 24.7 Å². The van der Waals surface area contributed by atoms with Crippen LogP contribution in [0.3, 0.4) is 0 Å². The van der Waals surface area contributed by atoms with Gasteiger partial charge in [-0.2, -0.15) is 5.10 Å². The summed E-state index contributed by atoms with van der Waals surface area (Å²) < 4.78 is 13.4. The number of methoxy groups -OCH3 is 1. The lowest BCUT2D eigenvalue weighted by molar-refractivity contribution is 0.218. The van der Waals surface area contributed by atoms with E-state index in [9.17, 15) is 0 Å². The molecule has 2 heterocycles. The fourth-order valence-electron chi connectivity index (χ4n) is 3.21. The molecule has 1 atom stereocenters. The minimum atomic E-state index is -0.445. The van der Waals surface area contributed by atoms with Crippen LogP contribution in [-0.4, -0.2) is 31.8 Å². The first-order valence-corrected chi connectivity index (χ1v) is 9.74. The van der Waals surface area contributed by atoms with Gasteiger partial charge < -0.3 is 15.2 Å². The van der Waals surface area contributed by atoms with E-state index in [4.69, 9.17) is 38.4 Å². The predicted molar refractivity (Wildman–Crippen MR) is 116 cm³/mol. The average molecular weight is 445 g/mol. The van der Waals surface area contributed by atoms with Crippen LogP contribution in [0.15, 0.2) is 36.9 Å². The third kappa shape index (κ3) is 3.48. The van der Waals surface area contributed by atoms with Gasteiger partial charge in [0.2, 0.25) is 0 Å². The lowest BCUT2D eigenvalue weighted by Gasteiger charge is -2.19. The molecule has 0 saturated carbocycles. The van der Waals surface area contributed by atoms with Crippen molar-refractivity contribution in [3.8, 4) is 22.6 Å². The number of nitrogen functional groups attached to an aromatic ring is 1. The van der Waals surface area contributed by atoms with E-state index in [2.05, 4.69) is 20.1 Å². The van der Waals surface area contributed by atoms with Crippen molar-refractivity contribution in [2.45, 2.75) is 13.0 Å². The number of halogens is 2. The molecule has 0 radical (unpaired) electrons. The molecule has 2 aromatic carbocycles. The Morgan fingerprint density at radius 1 is 1.13 bits per heavy atom. The van der Waals surface area contributed by atoms with Gasteiger partial charge in [-0.1, -0.05) is 35.3 Å². The Bertz CT molecular complexity index is 1240. The standard InChI is InChI=1S/C20H18Cl2N6O2/c1-10(20-26-9-28(2)27-20)30-14-7-13(29-3)15(11-5-4-6-12(21)17(11)22)18-16(14)19(23)25-8-24-18/h4-10H,1-3H3,(H2,23,24,25)/t10-/m1/s1. The predicted octanol–water partition coefficient (Wildman–Crippen LogP) is 4.46. The van der Waals surface area contributed by atoms with Crippen LogP contribution in [-0.2, 0) is 7.05 Å². The molecule has 2 N–H and O–H groups in total. The largest absolute Gasteiger partial charge is 0.496 e. The number of hydrogen-bond acceptors (Lipinski definition) is 7. The molecule has 0 unspecified atom stereocenters. The lowest BCUT2D eigenvalue weighted by Crippen LogP contribution is -2.08. The SMILES string of the molecule is COc1cc(O[C@H](C)c2ncn(C)n2)c2c(N)ncnc2c1-c1cccc(Cl)c1Cl. The van der Waals surface area contributed by atoms with E-state index in [-0.39, 0.29) is 5.82 Å². The maximum atomic E-state index is 6.49. The average Bonchev–Trinajstić information content (AvgIpc) is 3.16. The van der Waals surface area contributed by atoms with E-state index < -0.39 is 6.10 Å². The second kappa shape index (κ2) is 7.97. The molecule has 30 heavy (non-hydrogen) atoms. The quantitative estimate of drug-likeness (QED) is 0.484. The van der Waals surface area contributed by atoms with Crippen LogP contribution in [0.5, 0.6) is 11.5 Å². The summed E-state index contributed by atoms with van der Waals surface area (Å²) in [5, 5.41) is 5.63. The van der Waals surface area contributed by atoms with Gasteiger partial charge in [0.25, 0.3) is 0 Å². The number of fused-ring (bicyclic) bond motifs is 1. The Hall–Kier alpha value is -3.10. The molecule has 0 spiro atoms. The summed E-state index contributed by atoms with van der Waals surface area (Å²) in [6.07, 6.45) is 2.54. The highest BCUT2D eigenvalue weighted by Gasteiger charge is 2.23. The maximum absolute atomic E-state index is 6.49. The van der Waals surface area contributed by atoms with Crippen molar-refractivity contribution >= 4 is 39.9 Å². The minimum absolute atomic E-state index is 0.262. The van der Waals surface area contributed by atoms with Crippen molar-refractivity contribution in [3.05, 3.63) is 52.8 Å². The summed E-state index contributed by atoms with van der Waals surface area (Å²) >= 11 is 12.7. The molecule has 0 saturated heterocycles. The van der Waals surface area contributed by atoms with Gasteiger partial charge in [-0.05, 0) is 13.0 Å². The van der Waals surface area contributed by atoms with Crippen LogP contribution in [0.1, 0.15) is 18.9 Å². The molecule has 0 amide bonds. The molecule has 154 valence electrons. The van der Waals surface area contributed by atoms with Crippen molar-refractivity contribution in [3.63, 3.8) is 0 Å². The van der Waals surface area contributed by atoms with E-state index in [0.717, 1.165) is 0 Å². The van der Waals surface area contributed by atoms with Gasteiger partial charge in [0, 0.05) is 18.7 Å². The first kappa shape index (κ1) is 20.2. The van der Waals surface area contributed by atoms with E-state index >= 15 is 0 Å². The number of rotatable bonds is 5. The van der Waals surface area contributed by atoms with Gasteiger partial charge in [-0.25, -0.2) is 15.0 Å². The van der Waals surface area contributed by atoms with Crippen molar-refractivity contribution in [2.24, 2.45) is 7.05 Å². The molecule has 0 bridgehead atoms. The maximum Gasteiger partial charge on any atom is 0.191 e. The summed E-state index contributed by atoms with van der Waals surface area (Å²) in [5.74, 6) is 1.74. The molecular formula is C20H18Cl2N6O2. The summed E-state index contributed by atoms with van der Waals surface area (Å²) in [5.41, 5.74) is 8.05. The zero-order valence-corrected chi connectivity index (χ0v) is 17.9. The highest BCUT2D eigenvalue weighted by molar-refractivity contribution is 6.44. The lowest BCUT2D eigenvalue weighted by atomic mass is 10.00. The van der Waals surface area contributed by atoms with Crippen LogP contribution >= 0.6 is 23.2 Å². The topological polar surface area (TPSA) is 101 Å². The first-order chi connectivity index (χ1) is 14.4. The highest BCUT2D eigenvalue weighted by atomic mass is 35.5. The number of nitrogens with zero attached hydrogens (tertiary/aromatic N) is 5. The minimum Gasteiger partial charge on any atom is -0.496 e. The van der Waals surface area contributed by atoms with Gasteiger partial charge in [-0.3, -0.25) is 4.68 Å². The molecule has 0 aliphatic heterocycles. The van der Waals surface area contributed by atoms with E-state index in [1.165, 1.54) is 6.33 Å². The van der Waals surface area contributed by atoms with Crippen LogP contribution in [0.25, 0.3) is 22.0 Å². The second-order valence-electron chi connectivity index (χ2n) is 6.57. The normalized spacial score (nSPS) is 12.2. The summed E-state index contributed by atoms with van der Waals surface area (Å²) in [6, 6.07) is 7.09. The summed E-state index contributed by atoms with van der Waals surface area (Å²) in [7, 11) is 3.35. The van der Waals surface area contributed by atoms with Gasteiger partial charge >= 0.3 is 0 Å². The molecule has 4 aromatic rings. The number of nitrogens with two attached hydrogens (primary N) is 1. The molecule has 10 heteroatoms. The van der Waals surface area contributed by atoms with E-state index in [0.29, 0.717) is 49.4 Å². The Balaban J connectivity index is 1.95. The molecule has 0 aliphatic carbocycles. The van der Waals surface area contributed by atoms with Crippen LogP contribution in [0, 0.1) is 0 Å². The van der Waals surface area contributed by atoms with Gasteiger partial charge in [0.15, 0.2) is 11.9 Å². The molecule has 8 nitrogen and oxygen atoms in total. The monoisotopic (exact) mass is 444 g/mol. The third-order valence-corrected chi connectivity index (χ3v) is 5.41. The summed E-state index contributed by atoms with van der Waals surface area (Å²) in [6.45, 7) is 1.84. The molecule has 2 aromatic heterocycles. The summed E-state index contributed by atoms with van der Waals surface area (Å²) in [4.78, 5) is 12.8. The highest BCUT2D eigenvalue weighted by Crippen LogP contribution is 2.46. The fourth-order valence-corrected chi connectivity index (χ4v) is 3.60. The molecule has 0 aliphatic rings. The Morgan fingerprint density at radius 3 is 2.63 bits per heavy atom. The van der Waals surface area contributed by atoms with E-state index in [1.807, 2.05) is 13.0 Å². The Kier molecular flexibility index (Phi) is 5.36. The van der Waals surface area contributed by atoms with Crippen molar-refractivity contribution < 1.29 is 9.47 Å². The number of aryl methyl sites for hydroxylation is 1. The fraction of sp³-hybridized carbons (Fsp3) is 0.200. The van der Waals surface area contributed by atoms with Gasteiger partial charge in [-0.15, -0.1) is 0 Å².